The first-order valence-electron chi connectivity index (χ1n) is 8.34. The predicted octanol–water partition coefficient (Wildman–Crippen LogP) is 2.30. The number of aromatic amines is 1. The number of hydrogen-bond donors (Lipinski definition) is 3. The van der Waals surface area contributed by atoms with Crippen LogP contribution < -0.4 is 10.9 Å². The Hall–Kier alpha value is -2.68. The molecule has 1 fully saturated rings. The summed E-state index contributed by atoms with van der Waals surface area (Å²) in [5.74, 6) is -0.123. The number of rotatable bonds is 5. The van der Waals surface area contributed by atoms with Crippen LogP contribution >= 0.6 is 0 Å². The number of carbonyl (C=O) groups excluding carboxylic acids is 1. The van der Waals surface area contributed by atoms with Crippen molar-refractivity contribution in [1.29, 1.82) is 0 Å². The maximum atomic E-state index is 12.9. The zero-order valence-corrected chi connectivity index (χ0v) is 14.4. The average molecular weight is 381 g/mol. The third-order valence-corrected chi connectivity index (χ3v) is 4.56. The van der Waals surface area contributed by atoms with Crippen molar-refractivity contribution < 1.29 is 23.1 Å². The van der Waals surface area contributed by atoms with Crippen LogP contribution in [0, 0.1) is 0 Å². The molecule has 27 heavy (non-hydrogen) atoms. The van der Waals surface area contributed by atoms with Gasteiger partial charge in [-0.25, -0.2) is 4.98 Å². The molecule has 0 saturated heterocycles. The van der Waals surface area contributed by atoms with Gasteiger partial charge in [0.05, 0.1) is 17.7 Å². The lowest BCUT2D eigenvalue weighted by Gasteiger charge is -2.29. The highest BCUT2D eigenvalue weighted by Gasteiger charge is 2.35. The number of amides is 1. The lowest BCUT2D eigenvalue weighted by Crippen LogP contribution is -2.47. The molecule has 6 nitrogen and oxygen atoms in total. The highest BCUT2D eigenvalue weighted by atomic mass is 19.4. The van der Waals surface area contributed by atoms with Crippen LogP contribution in [0.25, 0.3) is 0 Å². The quantitative estimate of drug-likeness (QED) is 0.741. The first-order chi connectivity index (χ1) is 12.6. The molecule has 0 radical (unpaired) electrons. The largest absolute Gasteiger partial charge is 0.416 e. The van der Waals surface area contributed by atoms with Crippen molar-refractivity contribution in [1.82, 2.24) is 15.3 Å². The second kappa shape index (κ2) is 6.80. The molecule has 1 heterocycles. The van der Waals surface area contributed by atoms with E-state index in [0.717, 1.165) is 31.2 Å². The van der Waals surface area contributed by atoms with E-state index in [1.165, 1.54) is 19.1 Å². The van der Waals surface area contributed by atoms with E-state index >= 15 is 0 Å². The Morgan fingerprint density at radius 2 is 2.00 bits per heavy atom. The van der Waals surface area contributed by atoms with Crippen molar-refractivity contribution >= 4 is 5.91 Å². The van der Waals surface area contributed by atoms with Crippen LogP contribution in [-0.4, -0.2) is 27.6 Å². The molecule has 1 unspecified atom stereocenters. The SMILES string of the molecule is CC(CO)(NC(=O)c1cnc(C2CC2)[nH]c1=O)c1cccc(C(F)(F)F)c1. The molecule has 1 atom stereocenters. The summed E-state index contributed by atoms with van der Waals surface area (Å²) in [6.07, 6.45) is -1.57. The number of alkyl halides is 3. The number of halogens is 3. The van der Waals surface area contributed by atoms with Gasteiger partial charge in [0.2, 0.25) is 0 Å². The van der Waals surface area contributed by atoms with Crippen LogP contribution in [0.15, 0.2) is 35.3 Å². The number of aromatic nitrogens is 2. The Labute approximate surface area is 152 Å². The van der Waals surface area contributed by atoms with E-state index in [2.05, 4.69) is 15.3 Å². The number of nitrogens with zero attached hydrogens (tertiary/aromatic N) is 1. The number of nitrogens with one attached hydrogen (secondary N) is 2. The molecule has 144 valence electrons. The van der Waals surface area contributed by atoms with Crippen molar-refractivity contribution in [2.24, 2.45) is 0 Å². The fourth-order valence-corrected chi connectivity index (χ4v) is 2.69. The van der Waals surface area contributed by atoms with E-state index in [9.17, 15) is 27.9 Å². The predicted molar refractivity (Wildman–Crippen MR) is 90.2 cm³/mol. The second-order valence-corrected chi connectivity index (χ2v) is 6.81. The molecule has 0 aliphatic heterocycles. The Bertz CT molecular complexity index is 922. The summed E-state index contributed by atoms with van der Waals surface area (Å²) >= 11 is 0. The second-order valence-electron chi connectivity index (χ2n) is 6.81. The smallest absolute Gasteiger partial charge is 0.394 e. The van der Waals surface area contributed by atoms with Crippen molar-refractivity contribution in [3.05, 3.63) is 63.3 Å². The molecule has 1 aliphatic carbocycles. The third-order valence-electron chi connectivity index (χ3n) is 4.56. The molecule has 1 aromatic heterocycles. The highest BCUT2D eigenvalue weighted by molar-refractivity contribution is 5.94. The van der Waals surface area contributed by atoms with Gasteiger partial charge in [0.15, 0.2) is 0 Å². The van der Waals surface area contributed by atoms with Gasteiger partial charge in [-0.05, 0) is 37.5 Å². The van der Waals surface area contributed by atoms with E-state index in [-0.39, 0.29) is 17.0 Å². The number of carbonyl (C=O) groups is 1. The summed E-state index contributed by atoms with van der Waals surface area (Å²) in [6.45, 7) is 0.714. The molecule has 1 aromatic carbocycles. The maximum Gasteiger partial charge on any atom is 0.416 e. The fourth-order valence-electron chi connectivity index (χ4n) is 2.69. The molecular weight excluding hydrogens is 363 g/mol. The molecule has 9 heteroatoms. The Balaban J connectivity index is 1.87. The summed E-state index contributed by atoms with van der Waals surface area (Å²) in [7, 11) is 0. The summed E-state index contributed by atoms with van der Waals surface area (Å²) < 4.78 is 38.8. The highest BCUT2D eigenvalue weighted by Crippen LogP contribution is 2.37. The fraction of sp³-hybridized carbons (Fsp3) is 0.389. The number of aliphatic hydroxyl groups is 1. The third kappa shape index (κ3) is 4.02. The molecule has 1 amide bonds. The van der Waals surface area contributed by atoms with Crippen LogP contribution in [0.1, 0.15) is 53.0 Å². The van der Waals surface area contributed by atoms with Crippen LogP contribution in [0.4, 0.5) is 13.2 Å². The standard InChI is InChI=1S/C18H18F3N3O3/c1-17(9-25,11-3-2-4-12(7-11)18(19,20)21)24-16(27)13-8-22-14(10-5-6-10)23-15(13)26/h2-4,7-8,10,25H,5-6,9H2,1H3,(H,24,27)(H,22,23,26). The van der Waals surface area contributed by atoms with E-state index < -0.39 is 35.4 Å². The first-order valence-corrected chi connectivity index (χ1v) is 8.34. The van der Waals surface area contributed by atoms with Gasteiger partial charge in [0.1, 0.15) is 11.4 Å². The molecule has 1 saturated carbocycles. The van der Waals surface area contributed by atoms with Gasteiger partial charge in [-0.3, -0.25) is 9.59 Å². The van der Waals surface area contributed by atoms with Crippen molar-refractivity contribution in [3.8, 4) is 0 Å². The first kappa shape index (κ1) is 19.1. The minimum atomic E-state index is -4.56. The lowest BCUT2D eigenvalue weighted by molar-refractivity contribution is -0.137. The number of aliphatic hydroxyl groups excluding tert-OH is 1. The number of hydrogen-bond acceptors (Lipinski definition) is 4. The van der Waals surface area contributed by atoms with Crippen LogP contribution in [0.3, 0.4) is 0 Å². The zero-order chi connectivity index (χ0) is 19.8. The molecule has 2 aromatic rings. The summed E-state index contributed by atoms with van der Waals surface area (Å²) in [4.78, 5) is 31.3. The van der Waals surface area contributed by atoms with Crippen molar-refractivity contribution in [2.45, 2.75) is 37.4 Å². The van der Waals surface area contributed by atoms with E-state index in [0.29, 0.717) is 5.82 Å². The van der Waals surface area contributed by atoms with E-state index in [4.69, 9.17) is 0 Å². The van der Waals surface area contributed by atoms with Crippen molar-refractivity contribution in [3.63, 3.8) is 0 Å². The minimum absolute atomic E-state index is 0.0622. The zero-order valence-electron chi connectivity index (χ0n) is 14.4. The van der Waals surface area contributed by atoms with Gasteiger partial charge >= 0.3 is 6.18 Å². The summed E-state index contributed by atoms with van der Waals surface area (Å²) in [5, 5.41) is 12.2. The van der Waals surface area contributed by atoms with Gasteiger partial charge in [0, 0.05) is 12.1 Å². The van der Waals surface area contributed by atoms with Crippen LogP contribution in [-0.2, 0) is 11.7 Å². The number of benzene rings is 1. The van der Waals surface area contributed by atoms with E-state index in [1.807, 2.05) is 0 Å². The molecule has 0 spiro atoms. The molecule has 3 rings (SSSR count). The number of H-pyrrole nitrogens is 1. The summed E-state index contributed by atoms with van der Waals surface area (Å²) in [5.41, 5.74) is -3.26. The normalized spacial score (nSPS) is 16.6. The molecular formula is C18H18F3N3O3. The monoisotopic (exact) mass is 381 g/mol. The van der Waals surface area contributed by atoms with Crippen LogP contribution in [0.5, 0.6) is 0 Å². The van der Waals surface area contributed by atoms with Gasteiger partial charge in [0.25, 0.3) is 11.5 Å². The molecule has 3 N–H and O–H groups in total. The average Bonchev–Trinajstić information content (AvgIpc) is 3.46. The summed E-state index contributed by atoms with van der Waals surface area (Å²) in [6, 6.07) is 4.31. The molecule has 0 bridgehead atoms. The Morgan fingerprint density at radius 1 is 1.33 bits per heavy atom. The topological polar surface area (TPSA) is 95.1 Å². The minimum Gasteiger partial charge on any atom is -0.394 e. The lowest BCUT2D eigenvalue weighted by atomic mass is 9.91. The van der Waals surface area contributed by atoms with Gasteiger partial charge in [-0.2, -0.15) is 13.2 Å². The Morgan fingerprint density at radius 3 is 2.56 bits per heavy atom. The van der Waals surface area contributed by atoms with E-state index in [1.54, 1.807) is 0 Å². The Kier molecular flexibility index (Phi) is 4.81. The molecule has 1 aliphatic rings. The van der Waals surface area contributed by atoms with Gasteiger partial charge in [-0.1, -0.05) is 12.1 Å². The maximum absolute atomic E-state index is 12.9. The van der Waals surface area contributed by atoms with Crippen molar-refractivity contribution in [2.75, 3.05) is 6.61 Å². The van der Waals surface area contributed by atoms with Gasteiger partial charge in [-0.15, -0.1) is 0 Å². The van der Waals surface area contributed by atoms with Crippen LogP contribution in [0.2, 0.25) is 0 Å². The van der Waals surface area contributed by atoms with Gasteiger partial charge < -0.3 is 15.4 Å².